The number of aromatic nitrogens is 2. The molecule has 1 saturated heterocycles. The van der Waals surface area contributed by atoms with Crippen molar-refractivity contribution in [3.05, 3.63) is 24.3 Å². The summed E-state index contributed by atoms with van der Waals surface area (Å²) in [5.41, 5.74) is 0.974. The number of likely N-dealkylation sites (tertiary alicyclic amines) is 1. The van der Waals surface area contributed by atoms with Crippen LogP contribution in [0, 0.1) is 0 Å². The maximum Gasteiger partial charge on any atom is 0.0755 e. The van der Waals surface area contributed by atoms with E-state index in [1.165, 1.54) is 0 Å². The third-order valence-corrected chi connectivity index (χ3v) is 2.75. The summed E-state index contributed by atoms with van der Waals surface area (Å²) >= 11 is 0. The summed E-state index contributed by atoms with van der Waals surface area (Å²) in [6.07, 6.45) is 5.86. The van der Waals surface area contributed by atoms with Crippen LogP contribution in [0.15, 0.2) is 18.6 Å². The van der Waals surface area contributed by atoms with Crippen molar-refractivity contribution in [1.29, 1.82) is 0 Å². The van der Waals surface area contributed by atoms with Crippen molar-refractivity contribution in [3.63, 3.8) is 0 Å². The van der Waals surface area contributed by atoms with E-state index in [2.05, 4.69) is 21.8 Å². The van der Waals surface area contributed by atoms with E-state index < -0.39 is 0 Å². The summed E-state index contributed by atoms with van der Waals surface area (Å²) < 4.78 is 0. The van der Waals surface area contributed by atoms with Crippen LogP contribution >= 0.6 is 0 Å². The van der Waals surface area contributed by atoms with Crippen molar-refractivity contribution >= 4 is 0 Å². The molecule has 1 aromatic rings. The van der Waals surface area contributed by atoms with Crippen LogP contribution in [0.1, 0.15) is 25.1 Å². The average Bonchev–Trinajstić information content (AvgIpc) is 2.65. The molecular weight excluding hydrogens is 178 g/mol. The lowest BCUT2D eigenvalue weighted by molar-refractivity contribution is 0.162. The summed E-state index contributed by atoms with van der Waals surface area (Å²) in [7, 11) is 0. The van der Waals surface area contributed by atoms with E-state index >= 15 is 0 Å². The molecule has 2 atom stereocenters. The highest BCUT2D eigenvalue weighted by Crippen LogP contribution is 2.22. The molecule has 4 heteroatoms. The van der Waals surface area contributed by atoms with Gasteiger partial charge in [0.1, 0.15) is 0 Å². The zero-order chi connectivity index (χ0) is 9.97. The smallest absolute Gasteiger partial charge is 0.0755 e. The first kappa shape index (κ1) is 9.55. The van der Waals surface area contributed by atoms with Gasteiger partial charge in [-0.2, -0.15) is 0 Å². The van der Waals surface area contributed by atoms with Gasteiger partial charge in [0.2, 0.25) is 0 Å². The van der Waals surface area contributed by atoms with Crippen LogP contribution in [-0.4, -0.2) is 39.2 Å². The van der Waals surface area contributed by atoms with Crippen molar-refractivity contribution in [2.24, 2.45) is 0 Å². The number of aliphatic hydroxyl groups excluding tert-OH is 1. The number of rotatable bonds is 2. The van der Waals surface area contributed by atoms with Crippen LogP contribution in [0.3, 0.4) is 0 Å². The standard InChI is InChI=1S/C10H15N3O/c1-8(10-6-11-3-4-12-10)13-5-2-9(14)7-13/h3-4,6,8-9,14H,2,5,7H2,1H3/t8-,9+/m1/s1. The summed E-state index contributed by atoms with van der Waals surface area (Å²) in [6.45, 7) is 3.79. The highest BCUT2D eigenvalue weighted by atomic mass is 16.3. The first-order valence-electron chi connectivity index (χ1n) is 4.95. The van der Waals surface area contributed by atoms with Crippen LogP contribution in [0.5, 0.6) is 0 Å². The molecule has 0 aromatic carbocycles. The van der Waals surface area contributed by atoms with E-state index in [4.69, 9.17) is 0 Å². The molecule has 0 unspecified atom stereocenters. The summed E-state index contributed by atoms with van der Waals surface area (Å²) in [5, 5.41) is 9.42. The largest absolute Gasteiger partial charge is 0.392 e. The van der Waals surface area contributed by atoms with Crippen LogP contribution in [-0.2, 0) is 0 Å². The van der Waals surface area contributed by atoms with Gasteiger partial charge >= 0.3 is 0 Å². The maximum atomic E-state index is 9.42. The van der Waals surface area contributed by atoms with Gasteiger partial charge in [-0.15, -0.1) is 0 Å². The van der Waals surface area contributed by atoms with Gasteiger partial charge in [-0.05, 0) is 13.3 Å². The van der Waals surface area contributed by atoms with E-state index in [-0.39, 0.29) is 12.1 Å². The van der Waals surface area contributed by atoms with Crippen molar-refractivity contribution in [2.75, 3.05) is 13.1 Å². The van der Waals surface area contributed by atoms with Crippen molar-refractivity contribution < 1.29 is 5.11 Å². The molecule has 0 bridgehead atoms. The third kappa shape index (κ3) is 1.91. The van der Waals surface area contributed by atoms with Gasteiger partial charge in [0.25, 0.3) is 0 Å². The quantitative estimate of drug-likeness (QED) is 0.747. The average molecular weight is 193 g/mol. The van der Waals surface area contributed by atoms with Gasteiger partial charge in [-0.1, -0.05) is 0 Å². The molecule has 0 spiro atoms. The minimum absolute atomic E-state index is 0.172. The predicted molar refractivity (Wildman–Crippen MR) is 52.6 cm³/mol. The lowest BCUT2D eigenvalue weighted by Crippen LogP contribution is -2.26. The maximum absolute atomic E-state index is 9.42. The molecule has 1 fully saturated rings. The molecule has 1 aliphatic heterocycles. The second-order valence-corrected chi connectivity index (χ2v) is 3.74. The fourth-order valence-electron chi connectivity index (χ4n) is 1.83. The molecule has 2 heterocycles. The lowest BCUT2D eigenvalue weighted by Gasteiger charge is -2.22. The van der Waals surface area contributed by atoms with Crippen molar-refractivity contribution in [2.45, 2.75) is 25.5 Å². The van der Waals surface area contributed by atoms with Gasteiger partial charge in [0.15, 0.2) is 0 Å². The fraction of sp³-hybridized carbons (Fsp3) is 0.600. The Balaban J connectivity index is 2.05. The number of aliphatic hydroxyl groups is 1. The Morgan fingerprint density at radius 2 is 2.43 bits per heavy atom. The van der Waals surface area contributed by atoms with Gasteiger partial charge in [-0.3, -0.25) is 14.9 Å². The van der Waals surface area contributed by atoms with E-state index in [1.54, 1.807) is 18.6 Å². The molecule has 0 aliphatic carbocycles. The number of hydrogen-bond donors (Lipinski definition) is 1. The first-order valence-corrected chi connectivity index (χ1v) is 4.95. The normalized spacial score (nSPS) is 25.1. The topological polar surface area (TPSA) is 49.2 Å². The highest BCUT2D eigenvalue weighted by Gasteiger charge is 2.25. The first-order chi connectivity index (χ1) is 6.77. The zero-order valence-corrected chi connectivity index (χ0v) is 8.30. The molecular formula is C10H15N3O. The summed E-state index contributed by atoms with van der Waals surface area (Å²) in [4.78, 5) is 10.5. The Morgan fingerprint density at radius 3 is 3.00 bits per heavy atom. The second kappa shape index (κ2) is 4.02. The molecule has 14 heavy (non-hydrogen) atoms. The number of β-amino-alcohol motifs (C(OH)–C–C–N with tert-alkyl or cyclic N) is 1. The van der Waals surface area contributed by atoms with Crippen LogP contribution in [0.2, 0.25) is 0 Å². The van der Waals surface area contributed by atoms with E-state index in [1.807, 2.05) is 0 Å². The van der Waals surface area contributed by atoms with Gasteiger partial charge in [0, 0.05) is 31.7 Å². The fourth-order valence-corrected chi connectivity index (χ4v) is 1.83. The lowest BCUT2D eigenvalue weighted by atomic mass is 10.2. The molecule has 0 amide bonds. The minimum Gasteiger partial charge on any atom is -0.392 e. The molecule has 2 rings (SSSR count). The molecule has 4 nitrogen and oxygen atoms in total. The van der Waals surface area contributed by atoms with E-state index in [0.29, 0.717) is 0 Å². The molecule has 0 radical (unpaired) electrons. The number of nitrogens with zero attached hydrogens (tertiary/aromatic N) is 3. The Kier molecular flexibility index (Phi) is 2.74. The van der Waals surface area contributed by atoms with Crippen molar-refractivity contribution in [1.82, 2.24) is 14.9 Å². The molecule has 76 valence electrons. The Bertz CT molecular complexity index is 291. The second-order valence-electron chi connectivity index (χ2n) is 3.74. The van der Waals surface area contributed by atoms with Gasteiger partial charge in [-0.25, -0.2) is 0 Å². The summed E-state index contributed by atoms with van der Waals surface area (Å²) in [6, 6.07) is 0.251. The van der Waals surface area contributed by atoms with Crippen LogP contribution < -0.4 is 0 Å². The zero-order valence-electron chi connectivity index (χ0n) is 8.30. The van der Waals surface area contributed by atoms with E-state index in [9.17, 15) is 5.11 Å². The summed E-state index contributed by atoms with van der Waals surface area (Å²) in [5.74, 6) is 0. The van der Waals surface area contributed by atoms with Gasteiger partial charge < -0.3 is 5.11 Å². The monoisotopic (exact) mass is 193 g/mol. The molecule has 0 saturated carbocycles. The Morgan fingerprint density at radius 1 is 1.57 bits per heavy atom. The van der Waals surface area contributed by atoms with Crippen molar-refractivity contribution in [3.8, 4) is 0 Å². The minimum atomic E-state index is -0.172. The SMILES string of the molecule is C[C@H](c1cnccn1)N1CC[C@H](O)C1. The van der Waals surface area contributed by atoms with Gasteiger partial charge in [0.05, 0.1) is 17.8 Å². The Hall–Kier alpha value is -1.00. The number of hydrogen-bond acceptors (Lipinski definition) is 4. The van der Waals surface area contributed by atoms with Crippen LogP contribution in [0.25, 0.3) is 0 Å². The van der Waals surface area contributed by atoms with E-state index in [0.717, 1.165) is 25.2 Å². The molecule has 1 N–H and O–H groups in total. The highest BCUT2D eigenvalue weighted by molar-refractivity contribution is 5.02. The Labute approximate surface area is 83.6 Å². The molecule has 1 aromatic heterocycles. The predicted octanol–water partition coefficient (Wildman–Crippen LogP) is 0.604. The third-order valence-electron chi connectivity index (χ3n) is 2.75. The van der Waals surface area contributed by atoms with Crippen LogP contribution in [0.4, 0.5) is 0 Å². The molecule has 1 aliphatic rings.